The van der Waals surface area contributed by atoms with E-state index in [9.17, 15) is 18.0 Å². The van der Waals surface area contributed by atoms with E-state index in [0.717, 1.165) is 43.2 Å². The summed E-state index contributed by atoms with van der Waals surface area (Å²) in [6, 6.07) is 5.98. The van der Waals surface area contributed by atoms with Crippen molar-refractivity contribution in [1.29, 1.82) is 0 Å². The minimum absolute atomic E-state index is 0.00868. The van der Waals surface area contributed by atoms with E-state index in [2.05, 4.69) is 15.5 Å². The van der Waals surface area contributed by atoms with Crippen LogP contribution in [0.15, 0.2) is 40.5 Å². The van der Waals surface area contributed by atoms with Crippen LogP contribution in [0.25, 0.3) is 0 Å². The average molecular weight is 464 g/mol. The van der Waals surface area contributed by atoms with Crippen LogP contribution in [0.4, 0.5) is 5.13 Å². The average Bonchev–Trinajstić information content (AvgIpc) is 3.29. The number of nitrogens with one attached hydrogen (secondary N) is 1. The zero-order chi connectivity index (χ0) is 22.0. The molecule has 2 fully saturated rings. The maximum Gasteiger partial charge on any atom is 0.347 e. The number of aromatic carboxylic acids is 1. The van der Waals surface area contributed by atoms with Crippen molar-refractivity contribution in [3.05, 3.63) is 40.9 Å². The number of carbonyl (C=O) groups is 2. The molecule has 0 spiro atoms. The molecule has 0 bridgehead atoms. The summed E-state index contributed by atoms with van der Waals surface area (Å²) in [7, 11) is -3.34. The lowest BCUT2D eigenvalue weighted by Gasteiger charge is -2.11. The zero-order valence-electron chi connectivity index (χ0n) is 16.5. The molecule has 31 heavy (non-hydrogen) atoms. The lowest BCUT2D eigenvalue weighted by Crippen LogP contribution is -2.25. The number of hydrogen-bond donors (Lipinski definition) is 2. The van der Waals surface area contributed by atoms with E-state index < -0.39 is 21.7 Å². The van der Waals surface area contributed by atoms with Gasteiger partial charge in [-0.25, -0.2) is 18.2 Å². The maximum atomic E-state index is 12.9. The van der Waals surface area contributed by atoms with Crippen molar-refractivity contribution in [3.63, 3.8) is 0 Å². The highest BCUT2D eigenvalue weighted by atomic mass is 32.2. The second kappa shape index (κ2) is 8.75. The Bertz CT molecular complexity index is 1110. The zero-order valence-corrected chi connectivity index (χ0v) is 18.1. The molecule has 2 aliphatic rings. The summed E-state index contributed by atoms with van der Waals surface area (Å²) in [4.78, 5) is 33.6. The number of benzene rings is 1. The van der Waals surface area contributed by atoms with Crippen LogP contribution in [0.2, 0.25) is 0 Å². The molecule has 0 saturated heterocycles. The number of oxime groups is 1. The lowest BCUT2D eigenvalue weighted by molar-refractivity contribution is -0.110. The molecule has 0 unspecified atom stereocenters. The number of aromatic nitrogens is 1. The predicted octanol–water partition coefficient (Wildman–Crippen LogP) is 3.08. The molecule has 1 amide bonds. The monoisotopic (exact) mass is 463 g/mol. The Balaban J connectivity index is 1.57. The minimum Gasteiger partial charge on any atom is -0.477 e. The smallest absolute Gasteiger partial charge is 0.347 e. The second-order valence-corrected chi connectivity index (χ2v) is 10.8. The SMILES string of the molecule is O=C(Nc1ncc(C(=O)O)s1)C(=NOC1CCCC1)c1ccc(S(=O)(=O)C2CC2)cc1. The highest BCUT2D eigenvalue weighted by Gasteiger charge is 2.36. The molecule has 0 atom stereocenters. The van der Waals surface area contributed by atoms with Gasteiger partial charge in [0.25, 0.3) is 5.91 Å². The van der Waals surface area contributed by atoms with Crippen LogP contribution in [-0.2, 0) is 19.5 Å². The van der Waals surface area contributed by atoms with Gasteiger partial charge in [0.2, 0.25) is 0 Å². The molecule has 1 heterocycles. The fourth-order valence-corrected chi connectivity index (χ4v) is 5.61. The van der Waals surface area contributed by atoms with Crippen LogP contribution in [-0.4, -0.2) is 47.5 Å². The van der Waals surface area contributed by atoms with Gasteiger partial charge in [-0.1, -0.05) is 28.6 Å². The number of rotatable bonds is 8. The fraction of sp³-hybridized carbons (Fsp3) is 0.400. The van der Waals surface area contributed by atoms with Crippen LogP contribution in [0.3, 0.4) is 0 Å². The van der Waals surface area contributed by atoms with Gasteiger partial charge in [-0.2, -0.15) is 0 Å². The van der Waals surface area contributed by atoms with E-state index in [1.165, 1.54) is 24.3 Å². The maximum absolute atomic E-state index is 12.9. The normalized spacial score (nSPS) is 17.5. The van der Waals surface area contributed by atoms with Crippen LogP contribution in [0.5, 0.6) is 0 Å². The molecule has 11 heteroatoms. The summed E-state index contributed by atoms with van der Waals surface area (Å²) < 4.78 is 24.8. The molecule has 164 valence electrons. The molecule has 2 N–H and O–H groups in total. The molecule has 2 aliphatic carbocycles. The first-order valence-electron chi connectivity index (χ1n) is 9.93. The third-order valence-electron chi connectivity index (χ3n) is 5.17. The molecule has 9 nitrogen and oxygen atoms in total. The second-order valence-electron chi connectivity index (χ2n) is 7.51. The van der Waals surface area contributed by atoms with E-state index in [1.807, 2.05) is 0 Å². The first-order chi connectivity index (χ1) is 14.8. The lowest BCUT2D eigenvalue weighted by atomic mass is 10.1. The van der Waals surface area contributed by atoms with Crippen molar-refractivity contribution in [2.45, 2.75) is 54.8 Å². The molecule has 0 radical (unpaired) electrons. The summed E-state index contributed by atoms with van der Waals surface area (Å²) in [5.74, 6) is -1.76. The molecule has 2 aromatic rings. The molecule has 0 aliphatic heterocycles. The Morgan fingerprint density at radius 2 is 1.81 bits per heavy atom. The Morgan fingerprint density at radius 1 is 1.13 bits per heavy atom. The Labute approximate surface area is 183 Å². The molecule has 1 aromatic heterocycles. The van der Waals surface area contributed by atoms with E-state index in [1.54, 1.807) is 0 Å². The number of sulfone groups is 1. The van der Waals surface area contributed by atoms with Gasteiger partial charge in [0.15, 0.2) is 20.7 Å². The largest absolute Gasteiger partial charge is 0.477 e. The number of hydrogen-bond acceptors (Lipinski definition) is 8. The summed E-state index contributed by atoms with van der Waals surface area (Å²) in [6.45, 7) is 0. The van der Waals surface area contributed by atoms with Crippen molar-refractivity contribution < 1.29 is 28.0 Å². The Kier molecular flexibility index (Phi) is 6.05. The summed E-state index contributed by atoms with van der Waals surface area (Å²) >= 11 is 0.824. The highest BCUT2D eigenvalue weighted by molar-refractivity contribution is 7.92. The molecule has 1 aromatic carbocycles. The number of amides is 1. The van der Waals surface area contributed by atoms with Gasteiger partial charge < -0.3 is 9.94 Å². The Morgan fingerprint density at radius 3 is 2.39 bits per heavy atom. The summed E-state index contributed by atoms with van der Waals surface area (Å²) in [5, 5.41) is 15.4. The van der Waals surface area contributed by atoms with Gasteiger partial charge in [0.1, 0.15) is 11.0 Å². The van der Waals surface area contributed by atoms with Gasteiger partial charge in [-0.05, 0) is 50.7 Å². The van der Waals surface area contributed by atoms with Crippen LogP contribution in [0, 0.1) is 0 Å². The number of nitrogens with zero attached hydrogens (tertiary/aromatic N) is 2. The van der Waals surface area contributed by atoms with E-state index in [-0.39, 0.29) is 32.0 Å². The third kappa shape index (κ3) is 4.93. The van der Waals surface area contributed by atoms with E-state index in [4.69, 9.17) is 9.94 Å². The number of carboxylic acid groups (broad SMARTS) is 1. The van der Waals surface area contributed by atoms with Gasteiger partial charge in [0, 0.05) is 5.56 Å². The predicted molar refractivity (Wildman–Crippen MR) is 114 cm³/mol. The van der Waals surface area contributed by atoms with Crippen LogP contribution >= 0.6 is 11.3 Å². The van der Waals surface area contributed by atoms with Gasteiger partial charge in [0.05, 0.1) is 16.3 Å². The van der Waals surface area contributed by atoms with Crippen molar-refractivity contribution in [2.75, 3.05) is 5.32 Å². The first-order valence-corrected chi connectivity index (χ1v) is 12.3. The third-order valence-corrected chi connectivity index (χ3v) is 8.35. The number of carboxylic acids is 1. The topological polar surface area (TPSA) is 135 Å². The number of carbonyl (C=O) groups excluding carboxylic acids is 1. The van der Waals surface area contributed by atoms with Gasteiger partial charge in [-0.15, -0.1) is 0 Å². The Hall–Kier alpha value is -2.79. The van der Waals surface area contributed by atoms with Gasteiger partial charge >= 0.3 is 5.97 Å². The standard InChI is InChI=1S/C20H21N3O6S2/c24-18(22-20-21-11-16(30-20)19(25)26)17(23-29-13-3-1-2-4-13)12-5-7-14(8-6-12)31(27,28)15-9-10-15/h5-8,11,13,15H,1-4,9-10H2,(H,25,26)(H,21,22,24). The molecule has 4 rings (SSSR count). The minimum atomic E-state index is -3.34. The summed E-state index contributed by atoms with van der Waals surface area (Å²) in [5.41, 5.74) is 0.356. The van der Waals surface area contributed by atoms with Crippen molar-refractivity contribution >= 4 is 43.9 Å². The van der Waals surface area contributed by atoms with Crippen molar-refractivity contribution in [2.24, 2.45) is 5.16 Å². The number of thiazole rings is 1. The van der Waals surface area contributed by atoms with Crippen molar-refractivity contribution in [3.8, 4) is 0 Å². The summed E-state index contributed by atoms with van der Waals surface area (Å²) in [6.07, 6.45) is 6.19. The molecular formula is C20H21N3O6S2. The van der Waals surface area contributed by atoms with E-state index >= 15 is 0 Å². The van der Waals surface area contributed by atoms with E-state index in [0.29, 0.717) is 18.4 Å². The molecule has 2 saturated carbocycles. The molecular weight excluding hydrogens is 442 g/mol. The van der Waals surface area contributed by atoms with Gasteiger partial charge in [-0.3, -0.25) is 10.1 Å². The quantitative estimate of drug-likeness (QED) is 0.454. The van der Waals surface area contributed by atoms with Crippen LogP contribution < -0.4 is 5.32 Å². The number of anilines is 1. The fourth-order valence-electron chi connectivity index (χ4n) is 3.31. The highest BCUT2D eigenvalue weighted by Crippen LogP contribution is 2.33. The van der Waals surface area contributed by atoms with Crippen molar-refractivity contribution in [1.82, 2.24) is 4.98 Å². The van der Waals surface area contributed by atoms with Crippen LogP contribution in [0.1, 0.15) is 53.8 Å². The first kappa shape index (κ1) is 21.4.